The number of ketones is 1. The topological polar surface area (TPSA) is 17.1 Å². The van der Waals surface area contributed by atoms with Gasteiger partial charge < -0.3 is 0 Å². The minimum absolute atomic E-state index is 0.0718. The van der Waals surface area contributed by atoms with Crippen LogP contribution in [0.3, 0.4) is 0 Å². The molecule has 0 N–H and O–H groups in total. The highest BCUT2D eigenvalue weighted by molar-refractivity contribution is 5.90. The van der Waals surface area contributed by atoms with E-state index in [0.29, 0.717) is 5.78 Å². The van der Waals surface area contributed by atoms with Crippen LogP contribution in [-0.4, -0.2) is 5.78 Å². The van der Waals surface area contributed by atoms with E-state index in [9.17, 15) is 4.79 Å². The van der Waals surface area contributed by atoms with Crippen molar-refractivity contribution in [3.63, 3.8) is 0 Å². The molecule has 78 valence electrons. The number of hydrogen-bond donors (Lipinski definition) is 0. The molecular weight excluding hydrogens is 172 g/mol. The van der Waals surface area contributed by atoms with Crippen LogP contribution in [-0.2, 0) is 4.79 Å². The zero-order valence-electron chi connectivity index (χ0n) is 9.68. The summed E-state index contributed by atoms with van der Waals surface area (Å²) in [6.07, 6.45) is 7.45. The highest BCUT2D eigenvalue weighted by atomic mass is 16.1. The van der Waals surface area contributed by atoms with E-state index in [1.54, 1.807) is 0 Å². The molecule has 0 heterocycles. The van der Waals surface area contributed by atoms with Gasteiger partial charge in [-0.05, 0) is 23.7 Å². The molecule has 0 aromatic rings. The zero-order chi connectivity index (χ0) is 10.6. The van der Waals surface area contributed by atoms with Crippen molar-refractivity contribution < 1.29 is 4.79 Å². The molecule has 0 spiro atoms. The Morgan fingerprint density at radius 1 is 1.21 bits per heavy atom. The number of allylic oxidation sites excluding steroid dienone is 2. The van der Waals surface area contributed by atoms with Gasteiger partial charge >= 0.3 is 0 Å². The van der Waals surface area contributed by atoms with Crippen LogP contribution in [0.25, 0.3) is 0 Å². The van der Waals surface area contributed by atoms with Crippen molar-refractivity contribution in [3.05, 3.63) is 12.2 Å². The number of carbonyl (C=O) groups excluding carboxylic acids is 1. The molecule has 2 atom stereocenters. The maximum absolute atomic E-state index is 12.2. The Bertz CT molecular complexity index is 308. The summed E-state index contributed by atoms with van der Waals surface area (Å²) in [6, 6.07) is 0. The summed E-state index contributed by atoms with van der Waals surface area (Å²) in [5, 5.41) is 0. The van der Waals surface area contributed by atoms with Crippen molar-refractivity contribution in [3.8, 4) is 0 Å². The average Bonchev–Trinajstić information content (AvgIpc) is 2.01. The van der Waals surface area contributed by atoms with Crippen LogP contribution in [0.1, 0.15) is 47.0 Å². The third-order valence-electron chi connectivity index (χ3n) is 4.26. The number of hydrogen-bond acceptors (Lipinski definition) is 1. The first-order chi connectivity index (χ1) is 6.29. The van der Waals surface area contributed by atoms with Crippen LogP contribution >= 0.6 is 0 Å². The summed E-state index contributed by atoms with van der Waals surface area (Å²) in [7, 11) is 0. The molecule has 1 nitrogen and oxygen atoms in total. The molecule has 3 aliphatic rings. The quantitative estimate of drug-likeness (QED) is 0.538. The van der Waals surface area contributed by atoms with Gasteiger partial charge in [0.1, 0.15) is 5.78 Å². The van der Waals surface area contributed by atoms with Gasteiger partial charge in [-0.25, -0.2) is 0 Å². The standard InChI is InChI=1S/C13H20O/c1-11(2,3)13-7-5-12(4,6-8-13)9-10(13)14/h5,7H,6,8-9H2,1-4H3/t12-,13-/m0/s1. The van der Waals surface area contributed by atoms with Crippen molar-refractivity contribution in [1.82, 2.24) is 0 Å². The normalized spacial score (nSPS) is 41.9. The van der Waals surface area contributed by atoms with Crippen molar-refractivity contribution in [1.29, 1.82) is 0 Å². The second kappa shape index (κ2) is 2.50. The van der Waals surface area contributed by atoms with Crippen LogP contribution in [0.4, 0.5) is 0 Å². The van der Waals surface area contributed by atoms with Crippen molar-refractivity contribution in [2.24, 2.45) is 16.2 Å². The first-order valence-corrected chi connectivity index (χ1v) is 5.53. The van der Waals surface area contributed by atoms with E-state index >= 15 is 0 Å². The summed E-state index contributed by atoms with van der Waals surface area (Å²) in [4.78, 5) is 12.2. The molecule has 0 aromatic carbocycles. The van der Waals surface area contributed by atoms with Crippen molar-refractivity contribution in [2.45, 2.75) is 47.0 Å². The lowest BCUT2D eigenvalue weighted by atomic mass is 9.50. The van der Waals surface area contributed by atoms with E-state index in [1.165, 1.54) is 6.42 Å². The third kappa shape index (κ3) is 1.11. The number of fused-ring (bicyclic) bond motifs is 2. The lowest BCUT2D eigenvalue weighted by Gasteiger charge is -2.52. The number of Topliss-reactive ketones (excluding diaryl/α,β-unsaturated/α-hetero) is 1. The lowest BCUT2D eigenvalue weighted by molar-refractivity contribution is -0.139. The molecule has 0 amide bonds. The van der Waals surface area contributed by atoms with Gasteiger partial charge in [-0.15, -0.1) is 0 Å². The number of carbonyl (C=O) groups is 1. The Labute approximate surface area is 86.6 Å². The Kier molecular flexibility index (Phi) is 1.78. The van der Waals surface area contributed by atoms with Crippen molar-refractivity contribution in [2.75, 3.05) is 0 Å². The van der Waals surface area contributed by atoms with E-state index < -0.39 is 0 Å². The second-order valence-corrected chi connectivity index (χ2v) is 6.31. The summed E-state index contributed by atoms with van der Waals surface area (Å²) >= 11 is 0. The van der Waals surface area contributed by atoms with Crippen LogP contribution in [0.15, 0.2) is 12.2 Å². The van der Waals surface area contributed by atoms with Gasteiger partial charge in [-0.1, -0.05) is 39.8 Å². The van der Waals surface area contributed by atoms with E-state index in [0.717, 1.165) is 12.8 Å². The summed E-state index contributed by atoms with van der Waals surface area (Å²) in [5.74, 6) is 0.459. The largest absolute Gasteiger partial charge is 0.299 e. The molecule has 3 rings (SSSR count). The van der Waals surface area contributed by atoms with Gasteiger partial charge in [0.05, 0.1) is 5.41 Å². The molecule has 0 radical (unpaired) electrons. The van der Waals surface area contributed by atoms with Gasteiger partial charge in [0, 0.05) is 6.42 Å². The van der Waals surface area contributed by atoms with Gasteiger partial charge in [-0.3, -0.25) is 4.79 Å². The van der Waals surface area contributed by atoms with Crippen LogP contribution in [0.2, 0.25) is 0 Å². The van der Waals surface area contributed by atoms with E-state index in [4.69, 9.17) is 0 Å². The average molecular weight is 192 g/mol. The summed E-state index contributed by atoms with van der Waals surface area (Å²) < 4.78 is 0. The van der Waals surface area contributed by atoms with Crippen molar-refractivity contribution >= 4 is 5.78 Å². The summed E-state index contributed by atoms with van der Waals surface area (Å²) in [5.41, 5.74) is 0.0805. The van der Waals surface area contributed by atoms with Crippen LogP contribution in [0, 0.1) is 16.2 Å². The third-order valence-corrected chi connectivity index (χ3v) is 4.26. The molecule has 1 saturated carbocycles. The molecule has 1 fully saturated rings. The molecular formula is C13H20O. The predicted molar refractivity (Wildman–Crippen MR) is 58.0 cm³/mol. The Hall–Kier alpha value is -0.590. The van der Waals surface area contributed by atoms with Crippen LogP contribution < -0.4 is 0 Å². The van der Waals surface area contributed by atoms with Gasteiger partial charge in [0.25, 0.3) is 0 Å². The Balaban J connectivity index is 2.48. The predicted octanol–water partition coefficient (Wildman–Crippen LogP) is 3.35. The minimum Gasteiger partial charge on any atom is -0.299 e. The fourth-order valence-electron chi connectivity index (χ4n) is 2.94. The highest BCUT2D eigenvalue weighted by Crippen LogP contribution is 2.57. The molecule has 2 bridgehead atoms. The van der Waals surface area contributed by atoms with Gasteiger partial charge in [-0.2, -0.15) is 0 Å². The summed E-state index contributed by atoms with van der Waals surface area (Å²) in [6.45, 7) is 8.75. The van der Waals surface area contributed by atoms with Gasteiger partial charge in [0.15, 0.2) is 0 Å². The Morgan fingerprint density at radius 2 is 1.86 bits per heavy atom. The van der Waals surface area contributed by atoms with E-state index in [2.05, 4.69) is 39.8 Å². The smallest absolute Gasteiger partial charge is 0.144 e. The van der Waals surface area contributed by atoms with E-state index in [-0.39, 0.29) is 16.2 Å². The molecule has 0 aliphatic heterocycles. The SMILES string of the molecule is CC(C)(C)[C@@]12C=C[C@@](C)(CC1)CC2=O. The maximum Gasteiger partial charge on any atom is 0.144 e. The zero-order valence-corrected chi connectivity index (χ0v) is 9.68. The van der Waals surface area contributed by atoms with Gasteiger partial charge in [0.2, 0.25) is 0 Å². The lowest BCUT2D eigenvalue weighted by Crippen LogP contribution is -2.50. The Morgan fingerprint density at radius 3 is 2.21 bits per heavy atom. The molecule has 14 heavy (non-hydrogen) atoms. The number of rotatable bonds is 0. The molecule has 0 aromatic heterocycles. The second-order valence-electron chi connectivity index (χ2n) is 6.31. The van der Waals surface area contributed by atoms with E-state index in [1.807, 2.05) is 0 Å². The molecule has 1 heteroatoms. The van der Waals surface area contributed by atoms with Crippen LogP contribution in [0.5, 0.6) is 0 Å². The first-order valence-electron chi connectivity index (χ1n) is 5.53. The fourth-order valence-corrected chi connectivity index (χ4v) is 2.94. The molecule has 3 aliphatic carbocycles. The monoisotopic (exact) mass is 192 g/mol. The highest BCUT2D eigenvalue weighted by Gasteiger charge is 2.54. The fraction of sp³-hybridized carbons (Fsp3) is 0.769. The maximum atomic E-state index is 12.2. The first kappa shape index (κ1) is 9.95. The molecule has 0 unspecified atom stereocenters. The minimum atomic E-state index is -0.162. The molecule has 0 saturated heterocycles.